The number of amides is 1. The molecule has 4 rings (SSSR count). The first-order chi connectivity index (χ1) is 13.4. The zero-order valence-corrected chi connectivity index (χ0v) is 17.3. The molecule has 1 aliphatic heterocycles. The van der Waals surface area contributed by atoms with Crippen molar-refractivity contribution in [2.45, 2.75) is 71.0 Å². The molecule has 2 aliphatic rings. The molecule has 1 aliphatic carbocycles. The molecule has 2 heterocycles. The highest BCUT2D eigenvalue weighted by molar-refractivity contribution is 5.92. The van der Waals surface area contributed by atoms with E-state index in [0.717, 1.165) is 32.5 Å². The van der Waals surface area contributed by atoms with Gasteiger partial charge in [-0.3, -0.25) is 9.69 Å². The highest BCUT2D eigenvalue weighted by Gasteiger charge is 2.31. The van der Waals surface area contributed by atoms with Crippen LogP contribution in [0.1, 0.15) is 74.0 Å². The predicted octanol–water partition coefficient (Wildman–Crippen LogP) is 4.37. The van der Waals surface area contributed by atoms with E-state index in [2.05, 4.69) is 54.9 Å². The molecule has 0 radical (unpaired) electrons. The Bertz CT molecular complexity index is 809. The maximum absolute atomic E-state index is 12.5. The molecule has 1 aromatic heterocycles. The Kier molecular flexibility index (Phi) is 5.28. The van der Waals surface area contributed by atoms with Crippen LogP contribution in [-0.4, -0.2) is 39.8 Å². The van der Waals surface area contributed by atoms with Crippen molar-refractivity contribution in [1.29, 1.82) is 0 Å². The summed E-state index contributed by atoms with van der Waals surface area (Å²) in [5.41, 5.74) is 3.28. The summed E-state index contributed by atoms with van der Waals surface area (Å²) in [6.45, 7) is 9.91. The molecule has 0 bridgehead atoms. The Morgan fingerprint density at radius 2 is 1.82 bits per heavy atom. The number of hydrogen-bond donors (Lipinski definition) is 0. The molecule has 5 heteroatoms. The summed E-state index contributed by atoms with van der Waals surface area (Å²) in [7, 11) is 0. The van der Waals surface area contributed by atoms with Crippen molar-refractivity contribution in [3.05, 3.63) is 53.2 Å². The van der Waals surface area contributed by atoms with E-state index in [1.165, 1.54) is 30.2 Å². The van der Waals surface area contributed by atoms with E-state index in [4.69, 9.17) is 4.42 Å². The summed E-state index contributed by atoms with van der Waals surface area (Å²) in [5.74, 6) is 0.643. The van der Waals surface area contributed by atoms with Gasteiger partial charge in [-0.2, -0.15) is 0 Å². The smallest absolute Gasteiger partial charge is 0.275 e. The molecule has 2 aromatic rings. The Balaban J connectivity index is 1.41. The van der Waals surface area contributed by atoms with Gasteiger partial charge in [0.15, 0.2) is 5.69 Å². The fraction of sp³-hybridized carbons (Fsp3) is 0.565. The summed E-state index contributed by atoms with van der Waals surface area (Å²) in [6.07, 6.45) is 6.14. The molecule has 150 valence electrons. The normalized spacial score (nSPS) is 17.5. The molecule has 28 heavy (non-hydrogen) atoms. The second-order valence-corrected chi connectivity index (χ2v) is 9.21. The summed E-state index contributed by atoms with van der Waals surface area (Å²) in [6, 6.07) is 9.52. The SMILES string of the molecule is CC(C)(C)c1ccc(CN(Cc2nc(C(=O)N3CCCC3)co2)C2CC2)cc1. The van der Waals surface area contributed by atoms with E-state index in [9.17, 15) is 4.79 Å². The van der Waals surface area contributed by atoms with Crippen LogP contribution in [-0.2, 0) is 18.5 Å². The molecule has 1 amide bonds. The molecule has 2 fully saturated rings. The van der Waals surface area contributed by atoms with E-state index in [1.807, 2.05) is 4.90 Å². The van der Waals surface area contributed by atoms with E-state index in [-0.39, 0.29) is 11.3 Å². The number of likely N-dealkylation sites (tertiary alicyclic amines) is 1. The van der Waals surface area contributed by atoms with Gasteiger partial charge >= 0.3 is 0 Å². The standard InChI is InChI=1S/C23H31N3O2/c1-23(2,3)18-8-6-17(7-9-18)14-26(19-10-11-19)15-21-24-20(16-28-21)22(27)25-12-4-5-13-25/h6-9,16,19H,4-5,10-15H2,1-3H3. The Labute approximate surface area is 167 Å². The largest absolute Gasteiger partial charge is 0.447 e. The number of carbonyl (C=O) groups excluding carboxylic acids is 1. The van der Waals surface area contributed by atoms with Crippen LogP contribution in [0.15, 0.2) is 34.9 Å². The monoisotopic (exact) mass is 381 g/mol. The van der Waals surface area contributed by atoms with Crippen LogP contribution in [0.25, 0.3) is 0 Å². The van der Waals surface area contributed by atoms with Crippen LogP contribution in [0.3, 0.4) is 0 Å². The van der Waals surface area contributed by atoms with Gasteiger partial charge in [-0.25, -0.2) is 4.98 Å². The van der Waals surface area contributed by atoms with E-state index in [1.54, 1.807) is 0 Å². The first-order valence-electron chi connectivity index (χ1n) is 10.5. The number of rotatable bonds is 6. The maximum Gasteiger partial charge on any atom is 0.275 e. The third-order valence-electron chi connectivity index (χ3n) is 5.77. The van der Waals surface area contributed by atoms with Crippen molar-refractivity contribution in [3.63, 3.8) is 0 Å². The molecule has 0 N–H and O–H groups in total. The number of benzene rings is 1. The van der Waals surface area contributed by atoms with Crippen molar-refractivity contribution < 1.29 is 9.21 Å². The topological polar surface area (TPSA) is 49.6 Å². The lowest BCUT2D eigenvalue weighted by molar-refractivity contribution is 0.0787. The van der Waals surface area contributed by atoms with Crippen LogP contribution >= 0.6 is 0 Å². The van der Waals surface area contributed by atoms with Crippen LogP contribution < -0.4 is 0 Å². The van der Waals surface area contributed by atoms with Gasteiger partial charge in [-0.15, -0.1) is 0 Å². The van der Waals surface area contributed by atoms with Gasteiger partial charge in [0.05, 0.1) is 6.54 Å². The molecule has 1 saturated heterocycles. The Morgan fingerprint density at radius 1 is 1.14 bits per heavy atom. The molecule has 1 aromatic carbocycles. The molecular weight excluding hydrogens is 350 g/mol. The lowest BCUT2D eigenvalue weighted by Crippen LogP contribution is -2.28. The first kappa shape index (κ1) is 19.2. The molecule has 1 saturated carbocycles. The number of aromatic nitrogens is 1. The van der Waals surface area contributed by atoms with Crippen LogP contribution in [0.4, 0.5) is 0 Å². The summed E-state index contributed by atoms with van der Waals surface area (Å²) in [4.78, 5) is 21.3. The lowest BCUT2D eigenvalue weighted by atomic mass is 9.87. The number of oxazole rings is 1. The summed E-state index contributed by atoms with van der Waals surface area (Å²) < 4.78 is 5.66. The van der Waals surface area contributed by atoms with Crippen molar-refractivity contribution in [1.82, 2.24) is 14.8 Å². The number of carbonyl (C=O) groups is 1. The Morgan fingerprint density at radius 3 is 2.43 bits per heavy atom. The van der Waals surface area contributed by atoms with Gasteiger partial charge < -0.3 is 9.32 Å². The van der Waals surface area contributed by atoms with Crippen LogP contribution in [0.5, 0.6) is 0 Å². The van der Waals surface area contributed by atoms with Gasteiger partial charge in [0.2, 0.25) is 5.89 Å². The second kappa shape index (κ2) is 7.70. The predicted molar refractivity (Wildman–Crippen MR) is 109 cm³/mol. The fourth-order valence-electron chi connectivity index (χ4n) is 3.84. The van der Waals surface area contributed by atoms with Crippen molar-refractivity contribution in [3.8, 4) is 0 Å². The molecular formula is C23H31N3O2. The van der Waals surface area contributed by atoms with Gasteiger partial charge in [0.1, 0.15) is 6.26 Å². The zero-order valence-electron chi connectivity index (χ0n) is 17.3. The average Bonchev–Trinajstić information content (AvgIpc) is 3.17. The zero-order chi connectivity index (χ0) is 19.7. The minimum atomic E-state index is 0.00300. The quantitative estimate of drug-likeness (QED) is 0.745. The van der Waals surface area contributed by atoms with Crippen molar-refractivity contribution in [2.24, 2.45) is 0 Å². The van der Waals surface area contributed by atoms with Gasteiger partial charge in [0.25, 0.3) is 5.91 Å². The van der Waals surface area contributed by atoms with Gasteiger partial charge in [-0.05, 0) is 42.2 Å². The minimum Gasteiger partial charge on any atom is -0.447 e. The molecule has 0 atom stereocenters. The second-order valence-electron chi connectivity index (χ2n) is 9.21. The minimum absolute atomic E-state index is 0.00300. The third kappa shape index (κ3) is 4.46. The Hall–Kier alpha value is -2.14. The summed E-state index contributed by atoms with van der Waals surface area (Å²) in [5, 5.41) is 0. The third-order valence-corrected chi connectivity index (χ3v) is 5.77. The van der Waals surface area contributed by atoms with Crippen LogP contribution in [0, 0.1) is 0 Å². The van der Waals surface area contributed by atoms with Gasteiger partial charge in [0, 0.05) is 25.7 Å². The van der Waals surface area contributed by atoms with Crippen molar-refractivity contribution >= 4 is 5.91 Å². The highest BCUT2D eigenvalue weighted by Crippen LogP contribution is 2.30. The number of hydrogen-bond acceptors (Lipinski definition) is 4. The average molecular weight is 382 g/mol. The molecule has 0 unspecified atom stereocenters. The van der Waals surface area contributed by atoms with Crippen molar-refractivity contribution in [2.75, 3.05) is 13.1 Å². The van der Waals surface area contributed by atoms with Crippen LogP contribution in [0.2, 0.25) is 0 Å². The number of nitrogens with zero attached hydrogens (tertiary/aromatic N) is 3. The van der Waals surface area contributed by atoms with E-state index >= 15 is 0 Å². The van der Waals surface area contributed by atoms with E-state index < -0.39 is 0 Å². The fourth-order valence-corrected chi connectivity index (χ4v) is 3.84. The lowest BCUT2D eigenvalue weighted by Gasteiger charge is -2.22. The van der Waals surface area contributed by atoms with E-state index in [0.29, 0.717) is 24.2 Å². The molecule has 0 spiro atoms. The first-order valence-corrected chi connectivity index (χ1v) is 10.5. The maximum atomic E-state index is 12.5. The highest BCUT2D eigenvalue weighted by atomic mass is 16.3. The summed E-state index contributed by atoms with van der Waals surface area (Å²) >= 11 is 0. The molecule has 5 nitrogen and oxygen atoms in total. The van der Waals surface area contributed by atoms with Gasteiger partial charge in [-0.1, -0.05) is 45.0 Å².